The van der Waals surface area contributed by atoms with E-state index in [9.17, 15) is 14.7 Å². The number of aliphatic carboxylic acids is 1. The molecular weight excluding hydrogens is 258 g/mol. The summed E-state index contributed by atoms with van der Waals surface area (Å²) in [7, 11) is 0. The molecule has 0 spiro atoms. The van der Waals surface area contributed by atoms with Crippen molar-refractivity contribution in [3.63, 3.8) is 0 Å². The van der Waals surface area contributed by atoms with E-state index in [1.807, 2.05) is 37.3 Å². The molecular formula is C15H17NO4. The molecule has 1 N–H and O–H groups in total. The molecule has 1 amide bonds. The van der Waals surface area contributed by atoms with Gasteiger partial charge in [-0.25, -0.2) is 4.79 Å². The van der Waals surface area contributed by atoms with Crippen molar-refractivity contribution in [1.29, 1.82) is 0 Å². The Hall–Kier alpha value is -2.04. The van der Waals surface area contributed by atoms with Crippen molar-refractivity contribution in [1.82, 2.24) is 4.90 Å². The Morgan fingerprint density at radius 3 is 2.60 bits per heavy atom. The quantitative estimate of drug-likeness (QED) is 0.917. The fraction of sp³-hybridized carbons (Fsp3) is 0.467. The first kappa shape index (κ1) is 13.0. The molecule has 5 heteroatoms. The third-order valence-corrected chi connectivity index (χ3v) is 4.60. The highest BCUT2D eigenvalue weighted by molar-refractivity contribution is 5.83. The number of hydrogen-bond acceptors (Lipinski definition) is 3. The van der Waals surface area contributed by atoms with E-state index in [4.69, 9.17) is 4.74 Å². The zero-order chi connectivity index (χ0) is 14.4. The molecule has 1 aromatic rings. The summed E-state index contributed by atoms with van der Waals surface area (Å²) in [5, 5.41) is 9.31. The van der Waals surface area contributed by atoms with Gasteiger partial charge in [-0.2, -0.15) is 0 Å². The third-order valence-electron chi connectivity index (χ3n) is 4.60. The fourth-order valence-corrected chi connectivity index (χ4v) is 3.22. The molecule has 0 bridgehead atoms. The fourth-order valence-electron chi connectivity index (χ4n) is 3.22. The summed E-state index contributed by atoms with van der Waals surface area (Å²) >= 11 is 0. The average molecular weight is 275 g/mol. The second kappa shape index (κ2) is 4.23. The first-order valence-corrected chi connectivity index (χ1v) is 6.66. The predicted molar refractivity (Wildman–Crippen MR) is 71.0 cm³/mol. The minimum absolute atomic E-state index is 0.215. The summed E-state index contributed by atoms with van der Waals surface area (Å²) in [6.45, 7) is 2.86. The Morgan fingerprint density at radius 2 is 2.00 bits per heavy atom. The molecule has 20 heavy (non-hydrogen) atoms. The van der Waals surface area contributed by atoms with Crippen LogP contribution in [0.15, 0.2) is 30.3 Å². The number of hydrogen-bond donors (Lipinski definition) is 1. The average Bonchev–Trinajstić information content (AvgIpc) is 2.91. The minimum Gasteiger partial charge on any atom is -0.481 e. The van der Waals surface area contributed by atoms with Crippen LogP contribution in [0.1, 0.15) is 18.9 Å². The van der Waals surface area contributed by atoms with Gasteiger partial charge in [-0.3, -0.25) is 4.79 Å². The Bertz CT molecular complexity index is 558. The van der Waals surface area contributed by atoms with Gasteiger partial charge >= 0.3 is 12.1 Å². The number of amides is 1. The van der Waals surface area contributed by atoms with E-state index in [0.717, 1.165) is 5.56 Å². The van der Waals surface area contributed by atoms with Crippen LogP contribution < -0.4 is 0 Å². The first-order chi connectivity index (χ1) is 9.47. The van der Waals surface area contributed by atoms with Crippen molar-refractivity contribution >= 4 is 12.1 Å². The van der Waals surface area contributed by atoms with Crippen molar-refractivity contribution in [3.8, 4) is 0 Å². The maximum absolute atomic E-state index is 12.0. The Kier molecular flexibility index (Phi) is 2.74. The number of carbonyl (C=O) groups is 2. The molecule has 0 radical (unpaired) electrons. The SMILES string of the molecule is C[C@@]12CN(C(=O)OCc3ccccc3)C[C@]1(C(=O)O)C2. The van der Waals surface area contributed by atoms with Crippen LogP contribution >= 0.6 is 0 Å². The lowest BCUT2D eigenvalue weighted by molar-refractivity contribution is -0.143. The molecule has 1 saturated heterocycles. The van der Waals surface area contributed by atoms with Gasteiger partial charge in [0.1, 0.15) is 6.61 Å². The molecule has 2 aliphatic rings. The highest BCUT2D eigenvalue weighted by Gasteiger charge is 2.74. The predicted octanol–water partition coefficient (Wildman–Crippen LogP) is 2.12. The number of benzene rings is 1. The summed E-state index contributed by atoms with van der Waals surface area (Å²) in [5.74, 6) is -0.807. The normalized spacial score (nSPS) is 30.8. The van der Waals surface area contributed by atoms with E-state index >= 15 is 0 Å². The molecule has 1 saturated carbocycles. The first-order valence-electron chi connectivity index (χ1n) is 6.66. The van der Waals surface area contributed by atoms with Crippen LogP contribution in [0.4, 0.5) is 4.79 Å². The van der Waals surface area contributed by atoms with Crippen LogP contribution in [0.25, 0.3) is 0 Å². The Morgan fingerprint density at radius 1 is 1.30 bits per heavy atom. The van der Waals surface area contributed by atoms with Gasteiger partial charge in [0.25, 0.3) is 0 Å². The van der Waals surface area contributed by atoms with Crippen molar-refractivity contribution in [2.45, 2.75) is 20.0 Å². The number of rotatable bonds is 3. The van der Waals surface area contributed by atoms with Gasteiger partial charge in [0.15, 0.2) is 0 Å². The van der Waals surface area contributed by atoms with Crippen molar-refractivity contribution < 1.29 is 19.4 Å². The smallest absolute Gasteiger partial charge is 0.410 e. The van der Waals surface area contributed by atoms with Crippen molar-refractivity contribution in [3.05, 3.63) is 35.9 Å². The molecule has 1 aromatic carbocycles. The van der Waals surface area contributed by atoms with Gasteiger partial charge in [-0.1, -0.05) is 37.3 Å². The van der Waals surface area contributed by atoms with E-state index in [-0.39, 0.29) is 18.6 Å². The largest absolute Gasteiger partial charge is 0.481 e. The molecule has 106 valence electrons. The van der Waals surface area contributed by atoms with Crippen LogP contribution in [-0.2, 0) is 16.1 Å². The zero-order valence-electron chi connectivity index (χ0n) is 11.3. The standard InChI is InChI=1S/C15H17NO4/c1-14-8-15(14,12(17)18)10-16(9-14)13(19)20-7-11-5-3-2-4-6-11/h2-6H,7-10H2,1H3,(H,17,18)/t14-,15+/m1/s1. The lowest BCUT2D eigenvalue weighted by Crippen LogP contribution is -2.34. The lowest BCUT2D eigenvalue weighted by Gasteiger charge is -2.19. The van der Waals surface area contributed by atoms with E-state index < -0.39 is 17.5 Å². The Balaban J connectivity index is 1.59. The van der Waals surface area contributed by atoms with E-state index in [2.05, 4.69) is 0 Å². The van der Waals surface area contributed by atoms with Gasteiger partial charge in [0, 0.05) is 18.5 Å². The van der Waals surface area contributed by atoms with E-state index in [1.165, 1.54) is 4.90 Å². The van der Waals surface area contributed by atoms with E-state index in [0.29, 0.717) is 13.0 Å². The number of fused-ring (bicyclic) bond motifs is 1. The van der Waals surface area contributed by atoms with Crippen LogP contribution in [0.2, 0.25) is 0 Å². The summed E-state index contributed by atoms with van der Waals surface area (Å²) in [5.41, 5.74) is -0.118. The maximum Gasteiger partial charge on any atom is 0.410 e. The number of likely N-dealkylation sites (tertiary alicyclic amines) is 1. The zero-order valence-corrected chi connectivity index (χ0v) is 11.3. The third kappa shape index (κ3) is 1.85. The van der Waals surface area contributed by atoms with Gasteiger partial charge < -0.3 is 14.7 Å². The second-order valence-electron chi connectivity index (χ2n) is 6.02. The van der Waals surface area contributed by atoms with Crippen LogP contribution in [-0.4, -0.2) is 35.2 Å². The number of carboxylic acid groups (broad SMARTS) is 1. The van der Waals surface area contributed by atoms with Crippen molar-refractivity contribution in [2.75, 3.05) is 13.1 Å². The lowest BCUT2D eigenvalue weighted by atomic mass is 9.99. The number of carbonyl (C=O) groups excluding carboxylic acids is 1. The molecule has 1 aliphatic carbocycles. The molecule has 5 nitrogen and oxygen atoms in total. The number of piperidine rings is 1. The highest BCUT2D eigenvalue weighted by Crippen LogP contribution is 2.68. The molecule has 1 heterocycles. The molecule has 3 rings (SSSR count). The summed E-state index contributed by atoms with van der Waals surface area (Å²) < 4.78 is 5.24. The maximum atomic E-state index is 12.0. The molecule has 1 aliphatic heterocycles. The summed E-state index contributed by atoms with van der Waals surface area (Å²) in [4.78, 5) is 24.9. The highest BCUT2D eigenvalue weighted by atomic mass is 16.6. The van der Waals surface area contributed by atoms with Crippen molar-refractivity contribution in [2.24, 2.45) is 10.8 Å². The van der Waals surface area contributed by atoms with Gasteiger partial charge in [-0.15, -0.1) is 0 Å². The van der Waals surface area contributed by atoms with Crippen LogP contribution in [0.5, 0.6) is 0 Å². The number of carboxylic acids is 1. The molecule has 0 aromatic heterocycles. The van der Waals surface area contributed by atoms with E-state index in [1.54, 1.807) is 0 Å². The minimum atomic E-state index is -0.807. The number of ether oxygens (including phenoxy) is 1. The van der Waals surface area contributed by atoms with Gasteiger partial charge in [-0.05, 0) is 12.0 Å². The van der Waals surface area contributed by atoms with Gasteiger partial charge in [0.2, 0.25) is 0 Å². The summed E-state index contributed by atoms with van der Waals surface area (Å²) in [6, 6.07) is 9.43. The molecule has 2 atom stereocenters. The van der Waals surface area contributed by atoms with Gasteiger partial charge in [0.05, 0.1) is 5.41 Å². The molecule has 2 fully saturated rings. The van der Waals surface area contributed by atoms with Crippen LogP contribution in [0.3, 0.4) is 0 Å². The monoisotopic (exact) mass is 275 g/mol. The summed E-state index contributed by atoms with van der Waals surface area (Å²) in [6.07, 6.45) is 0.223. The van der Waals surface area contributed by atoms with Crippen LogP contribution in [0, 0.1) is 10.8 Å². The molecule has 0 unspecified atom stereocenters. The Labute approximate surface area is 117 Å². The number of nitrogens with zero attached hydrogens (tertiary/aromatic N) is 1. The topological polar surface area (TPSA) is 66.8 Å². The second-order valence-corrected chi connectivity index (χ2v) is 6.02.